The number of nitrogens with one attached hydrogen (secondary N) is 1. The van der Waals surface area contributed by atoms with Crippen molar-refractivity contribution in [2.45, 2.75) is 45.4 Å². The van der Waals surface area contributed by atoms with Crippen LogP contribution in [-0.4, -0.2) is 50.8 Å². The summed E-state index contributed by atoms with van der Waals surface area (Å²) in [5.74, 6) is 1.47. The maximum Gasteiger partial charge on any atom is 0.193 e. The van der Waals surface area contributed by atoms with Crippen LogP contribution < -0.4 is 5.32 Å². The van der Waals surface area contributed by atoms with Crippen molar-refractivity contribution in [3.63, 3.8) is 0 Å². The third-order valence-corrected chi connectivity index (χ3v) is 5.14. The molecule has 26 heavy (non-hydrogen) atoms. The van der Waals surface area contributed by atoms with Crippen LogP contribution in [0.25, 0.3) is 0 Å². The van der Waals surface area contributed by atoms with Gasteiger partial charge in [0.25, 0.3) is 0 Å². The molecule has 0 radical (unpaired) electrons. The van der Waals surface area contributed by atoms with Crippen molar-refractivity contribution in [2.24, 2.45) is 10.9 Å². The van der Waals surface area contributed by atoms with Crippen LogP contribution in [0, 0.1) is 11.7 Å². The zero-order valence-corrected chi connectivity index (χ0v) is 16.7. The summed E-state index contributed by atoms with van der Waals surface area (Å²) in [4.78, 5) is 7.00. The van der Waals surface area contributed by atoms with Crippen LogP contribution in [0.15, 0.2) is 29.3 Å². The summed E-state index contributed by atoms with van der Waals surface area (Å²) in [6.45, 7) is 10.3. The number of hydrogen-bond donors (Lipinski definition) is 1. The van der Waals surface area contributed by atoms with Gasteiger partial charge in [-0.2, -0.15) is 0 Å². The van der Waals surface area contributed by atoms with Gasteiger partial charge in [0, 0.05) is 38.8 Å². The van der Waals surface area contributed by atoms with Crippen LogP contribution in [0.1, 0.15) is 45.6 Å². The molecule has 0 amide bonds. The fraction of sp³-hybridized carbons (Fsp3) is 0.667. The van der Waals surface area contributed by atoms with Gasteiger partial charge in [-0.1, -0.05) is 32.0 Å². The molecule has 0 saturated carbocycles. The molecule has 1 fully saturated rings. The lowest BCUT2D eigenvalue weighted by Gasteiger charge is -2.28. The summed E-state index contributed by atoms with van der Waals surface area (Å²) in [6.07, 6.45) is 3.46. The van der Waals surface area contributed by atoms with Crippen LogP contribution in [0.3, 0.4) is 0 Å². The SMILES string of the molecule is CCNC(=NCC(C)(C)c1ccccc1F)N(C)CCC1CCOCC1. The van der Waals surface area contributed by atoms with Crippen molar-refractivity contribution in [2.75, 3.05) is 39.9 Å². The van der Waals surface area contributed by atoms with E-state index in [9.17, 15) is 4.39 Å². The van der Waals surface area contributed by atoms with Gasteiger partial charge in [0.05, 0.1) is 6.54 Å². The molecular weight excluding hydrogens is 329 g/mol. The third-order valence-electron chi connectivity index (χ3n) is 5.14. The summed E-state index contributed by atoms with van der Waals surface area (Å²) >= 11 is 0. The Morgan fingerprint density at radius 2 is 2.00 bits per heavy atom. The molecule has 0 spiro atoms. The van der Waals surface area contributed by atoms with Crippen LogP contribution in [0.2, 0.25) is 0 Å². The minimum atomic E-state index is -0.354. The summed E-state index contributed by atoms with van der Waals surface area (Å²) in [5, 5.41) is 3.37. The van der Waals surface area contributed by atoms with Crippen molar-refractivity contribution < 1.29 is 9.13 Å². The third kappa shape index (κ3) is 5.97. The van der Waals surface area contributed by atoms with Gasteiger partial charge in [0.1, 0.15) is 5.82 Å². The Bertz CT molecular complexity index is 582. The lowest BCUT2D eigenvalue weighted by molar-refractivity contribution is 0.0625. The number of ether oxygens (including phenoxy) is 1. The average molecular weight is 364 g/mol. The van der Waals surface area contributed by atoms with Gasteiger partial charge in [-0.25, -0.2) is 4.39 Å². The Balaban J connectivity index is 1.99. The van der Waals surface area contributed by atoms with Gasteiger partial charge in [-0.15, -0.1) is 0 Å². The molecule has 1 aromatic carbocycles. The van der Waals surface area contributed by atoms with Crippen LogP contribution in [0.4, 0.5) is 4.39 Å². The summed E-state index contributed by atoms with van der Waals surface area (Å²) in [6, 6.07) is 6.99. The van der Waals surface area contributed by atoms with Gasteiger partial charge in [0.2, 0.25) is 0 Å². The van der Waals surface area contributed by atoms with Gasteiger partial charge >= 0.3 is 0 Å². The lowest BCUT2D eigenvalue weighted by Crippen LogP contribution is -2.41. The second kappa shape index (κ2) is 9.91. The number of aliphatic imine (C=N–C) groups is 1. The molecule has 0 aliphatic carbocycles. The fourth-order valence-corrected chi connectivity index (χ4v) is 3.35. The highest BCUT2D eigenvalue weighted by Gasteiger charge is 2.24. The van der Waals surface area contributed by atoms with E-state index in [-0.39, 0.29) is 11.2 Å². The topological polar surface area (TPSA) is 36.9 Å². The maximum atomic E-state index is 14.2. The number of hydrogen-bond acceptors (Lipinski definition) is 2. The number of guanidine groups is 1. The second-order valence-corrected chi connectivity index (χ2v) is 7.80. The number of benzene rings is 1. The average Bonchev–Trinajstić information content (AvgIpc) is 2.64. The molecule has 0 atom stereocenters. The summed E-state index contributed by atoms with van der Waals surface area (Å²) < 4.78 is 19.6. The first-order valence-electron chi connectivity index (χ1n) is 9.76. The van der Waals surface area contributed by atoms with E-state index >= 15 is 0 Å². The molecule has 2 rings (SSSR count). The summed E-state index contributed by atoms with van der Waals surface area (Å²) in [5.41, 5.74) is 0.359. The highest BCUT2D eigenvalue weighted by atomic mass is 19.1. The predicted octanol–water partition coefficient (Wildman–Crippen LogP) is 3.82. The first-order valence-corrected chi connectivity index (χ1v) is 9.76. The van der Waals surface area contributed by atoms with Crippen molar-refractivity contribution in [1.82, 2.24) is 10.2 Å². The smallest absolute Gasteiger partial charge is 0.193 e. The monoisotopic (exact) mass is 363 g/mol. The molecule has 146 valence electrons. The van der Waals surface area contributed by atoms with Gasteiger partial charge in [0.15, 0.2) is 5.96 Å². The quantitative estimate of drug-likeness (QED) is 0.591. The van der Waals surface area contributed by atoms with Crippen LogP contribution >= 0.6 is 0 Å². The zero-order chi connectivity index (χ0) is 19.0. The van der Waals surface area contributed by atoms with E-state index in [4.69, 9.17) is 9.73 Å². The fourth-order valence-electron chi connectivity index (χ4n) is 3.35. The molecule has 1 aliphatic heterocycles. The van der Waals surface area contributed by atoms with E-state index in [1.54, 1.807) is 6.07 Å². The summed E-state index contributed by atoms with van der Waals surface area (Å²) in [7, 11) is 2.08. The Labute approximate surface area is 157 Å². The first-order chi connectivity index (χ1) is 12.4. The molecule has 1 N–H and O–H groups in total. The van der Waals surface area contributed by atoms with E-state index in [1.807, 2.05) is 26.0 Å². The van der Waals surface area contributed by atoms with E-state index in [0.29, 0.717) is 12.1 Å². The van der Waals surface area contributed by atoms with Crippen LogP contribution in [0.5, 0.6) is 0 Å². The predicted molar refractivity (Wildman–Crippen MR) is 106 cm³/mol. The first kappa shape index (κ1) is 20.7. The second-order valence-electron chi connectivity index (χ2n) is 7.80. The van der Waals surface area contributed by atoms with E-state index in [2.05, 4.69) is 24.2 Å². The normalized spacial score (nSPS) is 16.6. The molecule has 1 heterocycles. The van der Waals surface area contributed by atoms with Gasteiger partial charge in [-0.05, 0) is 43.7 Å². The van der Waals surface area contributed by atoms with Crippen LogP contribution in [-0.2, 0) is 10.2 Å². The minimum Gasteiger partial charge on any atom is -0.381 e. The Morgan fingerprint density at radius 1 is 1.31 bits per heavy atom. The largest absolute Gasteiger partial charge is 0.381 e. The van der Waals surface area contributed by atoms with Crippen molar-refractivity contribution in [3.8, 4) is 0 Å². The van der Waals surface area contributed by atoms with E-state index in [1.165, 1.54) is 6.07 Å². The number of nitrogens with zero attached hydrogens (tertiary/aromatic N) is 2. The molecular formula is C21H34FN3O. The molecule has 4 nitrogen and oxygen atoms in total. The maximum absolute atomic E-state index is 14.2. The van der Waals surface area contributed by atoms with E-state index in [0.717, 1.165) is 57.4 Å². The van der Waals surface area contributed by atoms with Gasteiger partial charge in [-0.3, -0.25) is 4.99 Å². The Morgan fingerprint density at radius 3 is 2.65 bits per heavy atom. The van der Waals surface area contributed by atoms with Gasteiger partial charge < -0.3 is 15.0 Å². The number of halogens is 1. The minimum absolute atomic E-state index is 0.162. The Hall–Kier alpha value is -1.62. The zero-order valence-electron chi connectivity index (χ0n) is 16.7. The van der Waals surface area contributed by atoms with Crippen molar-refractivity contribution in [1.29, 1.82) is 0 Å². The highest BCUT2D eigenvalue weighted by Crippen LogP contribution is 2.26. The molecule has 1 aliphatic rings. The highest BCUT2D eigenvalue weighted by molar-refractivity contribution is 5.79. The number of rotatable bonds is 7. The molecule has 0 unspecified atom stereocenters. The molecule has 0 aromatic heterocycles. The molecule has 0 bridgehead atoms. The molecule has 1 aromatic rings. The molecule has 1 saturated heterocycles. The van der Waals surface area contributed by atoms with E-state index < -0.39 is 0 Å². The molecule has 5 heteroatoms. The lowest BCUT2D eigenvalue weighted by atomic mass is 9.84. The standard InChI is InChI=1S/C21H34FN3O/c1-5-23-20(25(4)13-10-17-11-14-26-15-12-17)24-16-21(2,3)18-8-6-7-9-19(18)22/h6-9,17H,5,10-16H2,1-4H3,(H,23,24). The van der Waals surface area contributed by atoms with Crippen molar-refractivity contribution >= 4 is 5.96 Å². The van der Waals surface area contributed by atoms with Crippen molar-refractivity contribution in [3.05, 3.63) is 35.6 Å². The Kier molecular flexibility index (Phi) is 7.88.